The maximum Gasteiger partial charge on any atom is 0.316 e. The molecule has 0 aliphatic rings. The average Bonchev–Trinajstić information content (AvgIpc) is 3.05. The van der Waals surface area contributed by atoms with E-state index in [1.54, 1.807) is 13.0 Å². The van der Waals surface area contributed by atoms with Gasteiger partial charge in [-0.2, -0.15) is 9.78 Å². The molecule has 0 bridgehead atoms. The first kappa shape index (κ1) is 22.0. The predicted octanol–water partition coefficient (Wildman–Crippen LogP) is 3.62. The number of esters is 1. The van der Waals surface area contributed by atoms with Crippen molar-refractivity contribution in [1.29, 1.82) is 0 Å². The maximum absolute atomic E-state index is 12.3. The summed E-state index contributed by atoms with van der Waals surface area (Å²) in [7, 11) is 0. The Balaban J connectivity index is 1.56. The molecule has 0 aliphatic carbocycles. The third-order valence-electron chi connectivity index (χ3n) is 3.79. The van der Waals surface area contributed by atoms with Gasteiger partial charge >= 0.3 is 5.97 Å². The summed E-state index contributed by atoms with van der Waals surface area (Å²) < 4.78 is 7.49. The standard InChI is InChI=1S/C20H20BrN5O3S/c1-12-8-13(2)23-20(22-12)26-17(9-14(3)25-26)24-18(27)10-29-19(28)11-30-16-6-4-15(21)5-7-16/h4-9H,10-11H2,1-3H3,(H,24,27). The topological polar surface area (TPSA) is 99.0 Å². The lowest BCUT2D eigenvalue weighted by atomic mass is 10.4. The Bertz CT molecular complexity index is 1050. The number of carbonyl (C=O) groups excluding carboxylic acids is 2. The van der Waals surface area contributed by atoms with Gasteiger partial charge in [-0.25, -0.2) is 9.97 Å². The second-order valence-electron chi connectivity index (χ2n) is 6.48. The molecule has 1 aromatic carbocycles. The van der Waals surface area contributed by atoms with Gasteiger partial charge in [0.1, 0.15) is 5.82 Å². The predicted molar refractivity (Wildman–Crippen MR) is 118 cm³/mol. The molecule has 3 rings (SSSR count). The van der Waals surface area contributed by atoms with Crippen molar-refractivity contribution in [3.63, 3.8) is 0 Å². The quantitative estimate of drug-likeness (QED) is 0.399. The maximum atomic E-state index is 12.3. The zero-order chi connectivity index (χ0) is 21.7. The van der Waals surface area contributed by atoms with Crippen LogP contribution in [0.4, 0.5) is 5.82 Å². The molecule has 0 aliphatic heterocycles. The average molecular weight is 490 g/mol. The second kappa shape index (κ2) is 9.86. The lowest BCUT2D eigenvalue weighted by molar-refractivity contribution is -0.144. The first-order chi connectivity index (χ1) is 14.3. The van der Waals surface area contributed by atoms with E-state index in [-0.39, 0.29) is 5.75 Å². The molecule has 0 fully saturated rings. The molecular formula is C20H20BrN5O3S. The van der Waals surface area contributed by atoms with Crippen LogP contribution in [-0.2, 0) is 14.3 Å². The fourth-order valence-corrected chi connectivity index (χ4v) is 3.54. The third-order valence-corrected chi connectivity index (χ3v) is 5.31. The molecule has 10 heteroatoms. The van der Waals surface area contributed by atoms with Gasteiger partial charge in [0, 0.05) is 26.8 Å². The van der Waals surface area contributed by atoms with Crippen molar-refractivity contribution in [2.45, 2.75) is 25.7 Å². The largest absolute Gasteiger partial charge is 0.455 e. The van der Waals surface area contributed by atoms with Gasteiger partial charge in [-0.15, -0.1) is 11.8 Å². The Morgan fingerprint density at radius 3 is 2.40 bits per heavy atom. The molecular weight excluding hydrogens is 470 g/mol. The Morgan fingerprint density at radius 2 is 1.73 bits per heavy atom. The van der Waals surface area contributed by atoms with E-state index in [4.69, 9.17) is 4.74 Å². The van der Waals surface area contributed by atoms with Crippen LogP contribution in [-0.4, -0.2) is 44.0 Å². The SMILES string of the molecule is Cc1cc(C)nc(-n2nc(C)cc2NC(=O)COC(=O)CSc2ccc(Br)cc2)n1. The monoisotopic (exact) mass is 489 g/mol. The van der Waals surface area contributed by atoms with E-state index in [9.17, 15) is 9.59 Å². The van der Waals surface area contributed by atoms with Crippen LogP contribution in [0.3, 0.4) is 0 Å². The Morgan fingerprint density at radius 1 is 1.07 bits per heavy atom. The van der Waals surface area contributed by atoms with Gasteiger partial charge in [-0.3, -0.25) is 9.59 Å². The fourth-order valence-electron chi connectivity index (χ4n) is 2.58. The number of nitrogens with zero attached hydrogens (tertiary/aromatic N) is 4. The van der Waals surface area contributed by atoms with Crippen molar-refractivity contribution in [3.05, 3.63) is 58.0 Å². The number of hydrogen-bond acceptors (Lipinski definition) is 7. The molecule has 0 atom stereocenters. The zero-order valence-corrected chi connectivity index (χ0v) is 19.1. The molecule has 30 heavy (non-hydrogen) atoms. The number of hydrogen-bond donors (Lipinski definition) is 1. The van der Waals surface area contributed by atoms with Gasteiger partial charge in [-0.05, 0) is 51.1 Å². The first-order valence-corrected chi connectivity index (χ1v) is 10.8. The number of amides is 1. The molecule has 2 heterocycles. The minimum Gasteiger partial charge on any atom is -0.455 e. The van der Waals surface area contributed by atoms with E-state index < -0.39 is 18.5 Å². The number of nitrogens with one attached hydrogen (secondary N) is 1. The van der Waals surface area contributed by atoms with Gasteiger partial charge in [0.15, 0.2) is 6.61 Å². The van der Waals surface area contributed by atoms with Crippen LogP contribution < -0.4 is 5.32 Å². The molecule has 3 aromatic rings. The third kappa shape index (κ3) is 6.14. The summed E-state index contributed by atoms with van der Waals surface area (Å²) in [4.78, 5) is 33.9. The van der Waals surface area contributed by atoms with Gasteiger partial charge < -0.3 is 10.1 Å². The van der Waals surface area contributed by atoms with Crippen LogP contribution in [0, 0.1) is 20.8 Å². The highest BCUT2D eigenvalue weighted by Crippen LogP contribution is 2.20. The van der Waals surface area contributed by atoms with Crippen LogP contribution in [0.1, 0.15) is 17.1 Å². The fraction of sp³-hybridized carbons (Fsp3) is 0.250. The number of benzene rings is 1. The van der Waals surface area contributed by atoms with E-state index in [0.29, 0.717) is 17.5 Å². The van der Waals surface area contributed by atoms with Crippen molar-refractivity contribution < 1.29 is 14.3 Å². The van der Waals surface area contributed by atoms with Gasteiger partial charge in [0.25, 0.3) is 11.9 Å². The van der Waals surface area contributed by atoms with Crippen LogP contribution in [0.2, 0.25) is 0 Å². The van der Waals surface area contributed by atoms with Crippen LogP contribution in [0.25, 0.3) is 5.95 Å². The molecule has 2 aromatic heterocycles. The number of rotatable bonds is 7. The van der Waals surface area contributed by atoms with Gasteiger partial charge in [0.2, 0.25) is 0 Å². The molecule has 1 amide bonds. The van der Waals surface area contributed by atoms with Crippen molar-refractivity contribution in [2.24, 2.45) is 0 Å². The van der Waals surface area contributed by atoms with Crippen molar-refractivity contribution in [3.8, 4) is 5.95 Å². The van der Waals surface area contributed by atoms with Crippen molar-refractivity contribution in [2.75, 3.05) is 17.7 Å². The van der Waals surface area contributed by atoms with Crippen LogP contribution in [0.5, 0.6) is 0 Å². The Hall–Kier alpha value is -2.72. The summed E-state index contributed by atoms with van der Waals surface area (Å²) in [6, 6.07) is 11.1. The smallest absolute Gasteiger partial charge is 0.316 e. The lowest BCUT2D eigenvalue weighted by Crippen LogP contribution is -2.23. The summed E-state index contributed by atoms with van der Waals surface area (Å²) in [5, 5.41) is 7.04. The zero-order valence-electron chi connectivity index (χ0n) is 16.7. The van der Waals surface area contributed by atoms with Crippen LogP contribution >= 0.6 is 27.7 Å². The summed E-state index contributed by atoms with van der Waals surface area (Å²) in [6.07, 6.45) is 0. The molecule has 0 saturated carbocycles. The molecule has 0 spiro atoms. The van der Waals surface area contributed by atoms with E-state index >= 15 is 0 Å². The van der Waals surface area contributed by atoms with E-state index in [1.165, 1.54) is 16.4 Å². The second-order valence-corrected chi connectivity index (χ2v) is 8.45. The van der Waals surface area contributed by atoms with Crippen molar-refractivity contribution in [1.82, 2.24) is 19.7 Å². The lowest BCUT2D eigenvalue weighted by Gasteiger charge is -2.09. The highest BCUT2D eigenvalue weighted by Gasteiger charge is 2.15. The molecule has 1 N–H and O–H groups in total. The Labute approximate surface area is 186 Å². The highest BCUT2D eigenvalue weighted by atomic mass is 79.9. The van der Waals surface area contributed by atoms with E-state index in [1.807, 2.05) is 44.2 Å². The number of anilines is 1. The van der Waals surface area contributed by atoms with Crippen LogP contribution in [0.15, 0.2) is 45.8 Å². The first-order valence-electron chi connectivity index (χ1n) is 9.03. The highest BCUT2D eigenvalue weighted by molar-refractivity contribution is 9.10. The number of carbonyl (C=O) groups is 2. The number of aromatic nitrogens is 4. The minimum absolute atomic E-state index is 0.113. The Kier molecular flexibility index (Phi) is 7.22. The summed E-state index contributed by atoms with van der Waals surface area (Å²) in [5.74, 6) is -0.0629. The number of ether oxygens (including phenoxy) is 1. The minimum atomic E-state index is -0.472. The van der Waals surface area contributed by atoms with Gasteiger partial charge in [-0.1, -0.05) is 15.9 Å². The summed E-state index contributed by atoms with van der Waals surface area (Å²) in [6.45, 7) is 5.13. The molecule has 156 valence electrons. The molecule has 0 unspecified atom stereocenters. The molecule has 0 saturated heterocycles. The van der Waals surface area contributed by atoms with E-state index in [0.717, 1.165) is 20.8 Å². The molecule has 0 radical (unpaired) electrons. The summed E-state index contributed by atoms with van der Waals surface area (Å²) >= 11 is 4.70. The normalized spacial score (nSPS) is 10.7. The number of thioether (sulfide) groups is 1. The molecule has 8 nitrogen and oxygen atoms in total. The van der Waals surface area contributed by atoms with E-state index in [2.05, 4.69) is 36.3 Å². The van der Waals surface area contributed by atoms with Gasteiger partial charge in [0.05, 0.1) is 11.4 Å². The number of halogens is 1. The van der Waals surface area contributed by atoms with Crippen molar-refractivity contribution >= 4 is 45.4 Å². The number of aryl methyl sites for hydroxylation is 3. The summed E-state index contributed by atoms with van der Waals surface area (Å²) in [5.41, 5.74) is 2.27.